The van der Waals surface area contributed by atoms with Gasteiger partial charge < -0.3 is 15.0 Å². The van der Waals surface area contributed by atoms with E-state index in [1.165, 1.54) is 12.1 Å². The van der Waals surface area contributed by atoms with Crippen molar-refractivity contribution in [3.05, 3.63) is 30.1 Å². The molecule has 1 N–H and O–H groups in total. The molecule has 0 aromatic heterocycles. The van der Waals surface area contributed by atoms with E-state index < -0.39 is 0 Å². The summed E-state index contributed by atoms with van der Waals surface area (Å²) in [7, 11) is 1.59. The second-order valence-corrected chi connectivity index (χ2v) is 3.92. The third-order valence-corrected chi connectivity index (χ3v) is 2.42. The van der Waals surface area contributed by atoms with Gasteiger partial charge in [-0.2, -0.15) is 0 Å². The van der Waals surface area contributed by atoms with Gasteiger partial charge in [0.15, 0.2) is 0 Å². The summed E-state index contributed by atoms with van der Waals surface area (Å²) < 4.78 is 17.9. The maximum absolute atomic E-state index is 13.0. The lowest BCUT2D eigenvalue weighted by Crippen LogP contribution is -2.37. The summed E-state index contributed by atoms with van der Waals surface area (Å²) in [6.07, 6.45) is 0.861. The largest absolute Gasteiger partial charge is 0.383 e. The van der Waals surface area contributed by atoms with Crippen molar-refractivity contribution in [1.82, 2.24) is 4.90 Å². The molecule has 1 aromatic rings. The molecule has 0 saturated heterocycles. The minimum Gasteiger partial charge on any atom is -0.383 e. The summed E-state index contributed by atoms with van der Waals surface area (Å²) in [6.45, 7) is 3.64. The first kappa shape index (κ1) is 14.4. The van der Waals surface area contributed by atoms with Crippen molar-refractivity contribution in [1.29, 1.82) is 0 Å². The Labute approximate surface area is 107 Å². The Morgan fingerprint density at radius 3 is 2.83 bits per heavy atom. The number of rotatable bonds is 6. The summed E-state index contributed by atoms with van der Waals surface area (Å²) in [5.74, 6) is -0.369. The van der Waals surface area contributed by atoms with E-state index in [-0.39, 0.29) is 11.8 Å². The molecule has 2 amide bonds. The molecule has 0 unspecified atom stereocenters. The second kappa shape index (κ2) is 7.66. The summed E-state index contributed by atoms with van der Waals surface area (Å²) in [6, 6.07) is 5.61. The van der Waals surface area contributed by atoms with E-state index in [2.05, 4.69) is 5.32 Å². The van der Waals surface area contributed by atoms with Gasteiger partial charge in [0.05, 0.1) is 6.61 Å². The number of ether oxygens (including phenoxy) is 1. The van der Waals surface area contributed by atoms with Gasteiger partial charge in [-0.3, -0.25) is 0 Å². The predicted octanol–water partition coefficient (Wildman–Crippen LogP) is 2.72. The Morgan fingerprint density at radius 2 is 2.22 bits per heavy atom. The molecule has 4 nitrogen and oxygen atoms in total. The Morgan fingerprint density at radius 1 is 1.44 bits per heavy atom. The van der Waals surface area contributed by atoms with Gasteiger partial charge in [0.1, 0.15) is 5.82 Å². The summed E-state index contributed by atoms with van der Waals surface area (Å²) in [5.41, 5.74) is 0.457. The van der Waals surface area contributed by atoms with Crippen molar-refractivity contribution in [2.75, 3.05) is 32.1 Å². The fourth-order valence-electron chi connectivity index (χ4n) is 1.56. The number of hydrogen-bond donors (Lipinski definition) is 1. The molecule has 0 aliphatic carbocycles. The third kappa shape index (κ3) is 4.71. The number of hydrogen-bond acceptors (Lipinski definition) is 2. The first-order valence-corrected chi connectivity index (χ1v) is 5.97. The van der Waals surface area contributed by atoms with E-state index in [1.54, 1.807) is 24.1 Å². The number of anilines is 1. The smallest absolute Gasteiger partial charge is 0.321 e. The number of nitrogens with one attached hydrogen (secondary N) is 1. The number of urea groups is 1. The molecule has 18 heavy (non-hydrogen) atoms. The van der Waals surface area contributed by atoms with Crippen LogP contribution in [0.15, 0.2) is 24.3 Å². The zero-order valence-electron chi connectivity index (χ0n) is 10.8. The van der Waals surface area contributed by atoms with Crippen LogP contribution in [0.1, 0.15) is 13.3 Å². The van der Waals surface area contributed by atoms with Crippen molar-refractivity contribution in [2.45, 2.75) is 13.3 Å². The summed E-state index contributed by atoms with van der Waals surface area (Å²) in [5, 5.41) is 2.67. The predicted molar refractivity (Wildman–Crippen MR) is 69.2 cm³/mol. The number of carbonyl (C=O) groups is 1. The molecule has 0 aliphatic rings. The highest BCUT2D eigenvalue weighted by atomic mass is 19.1. The van der Waals surface area contributed by atoms with Gasteiger partial charge in [-0.1, -0.05) is 13.0 Å². The van der Waals surface area contributed by atoms with E-state index in [9.17, 15) is 9.18 Å². The normalized spacial score (nSPS) is 10.2. The van der Waals surface area contributed by atoms with Crippen molar-refractivity contribution >= 4 is 11.7 Å². The number of methoxy groups -OCH3 is 1. The highest BCUT2D eigenvalue weighted by molar-refractivity contribution is 5.89. The molecule has 0 atom stereocenters. The topological polar surface area (TPSA) is 41.6 Å². The van der Waals surface area contributed by atoms with E-state index in [0.717, 1.165) is 6.42 Å². The lowest BCUT2D eigenvalue weighted by atomic mass is 10.3. The lowest BCUT2D eigenvalue weighted by Gasteiger charge is -2.22. The monoisotopic (exact) mass is 254 g/mol. The van der Waals surface area contributed by atoms with Crippen LogP contribution in [0.4, 0.5) is 14.9 Å². The van der Waals surface area contributed by atoms with Gasteiger partial charge in [0.2, 0.25) is 0 Å². The Bertz CT molecular complexity index is 385. The molecule has 1 aromatic carbocycles. The maximum Gasteiger partial charge on any atom is 0.321 e. The van der Waals surface area contributed by atoms with Crippen LogP contribution in [-0.4, -0.2) is 37.7 Å². The molecule has 0 bridgehead atoms. The van der Waals surface area contributed by atoms with Crippen molar-refractivity contribution in [2.24, 2.45) is 0 Å². The highest BCUT2D eigenvalue weighted by Crippen LogP contribution is 2.10. The first-order chi connectivity index (χ1) is 8.67. The number of halogens is 1. The van der Waals surface area contributed by atoms with Crippen LogP contribution in [0.25, 0.3) is 0 Å². The van der Waals surface area contributed by atoms with Gasteiger partial charge >= 0.3 is 6.03 Å². The molecule has 0 spiro atoms. The van der Waals surface area contributed by atoms with E-state index in [0.29, 0.717) is 25.4 Å². The van der Waals surface area contributed by atoms with E-state index in [4.69, 9.17) is 4.74 Å². The molecule has 0 aliphatic heterocycles. The fraction of sp³-hybridized carbons (Fsp3) is 0.462. The average molecular weight is 254 g/mol. The van der Waals surface area contributed by atoms with Crippen LogP contribution in [-0.2, 0) is 4.74 Å². The second-order valence-electron chi connectivity index (χ2n) is 3.92. The van der Waals surface area contributed by atoms with E-state index in [1.807, 2.05) is 6.92 Å². The van der Waals surface area contributed by atoms with Crippen LogP contribution in [0.3, 0.4) is 0 Å². The zero-order chi connectivity index (χ0) is 13.4. The van der Waals surface area contributed by atoms with Crippen LogP contribution < -0.4 is 5.32 Å². The highest BCUT2D eigenvalue weighted by Gasteiger charge is 2.12. The van der Waals surface area contributed by atoms with Crippen LogP contribution in [0.2, 0.25) is 0 Å². The zero-order valence-corrected chi connectivity index (χ0v) is 10.8. The van der Waals surface area contributed by atoms with Crippen molar-refractivity contribution < 1.29 is 13.9 Å². The van der Waals surface area contributed by atoms with Crippen LogP contribution in [0.5, 0.6) is 0 Å². The molecule has 0 saturated carbocycles. The van der Waals surface area contributed by atoms with Crippen molar-refractivity contribution in [3.63, 3.8) is 0 Å². The first-order valence-electron chi connectivity index (χ1n) is 5.97. The Hall–Kier alpha value is -1.62. The molecule has 5 heteroatoms. The van der Waals surface area contributed by atoms with Gasteiger partial charge in [-0.15, -0.1) is 0 Å². The SMILES string of the molecule is CCCN(CCOC)C(=O)Nc1cccc(F)c1. The van der Waals surface area contributed by atoms with Crippen molar-refractivity contribution in [3.8, 4) is 0 Å². The van der Waals surface area contributed by atoms with Crippen LogP contribution in [0, 0.1) is 5.82 Å². The Balaban J connectivity index is 2.60. The molecular formula is C13H19FN2O2. The number of benzene rings is 1. The lowest BCUT2D eigenvalue weighted by molar-refractivity contribution is 0.155. The van der Waals surface area contributed by atoms with E-state index >= 15 is 0 Å². The molecule has 1 rings (SSSR count). The van der Waals surface area contributed by atoms with Gasteiger partial charge in [-0.05, 0) is 24.6 Å². The van der Waals surface area contributed by atoms with Gasteiger partial charge in [-0.25, -0.2) is 9.18 Å². The van der Waals surface area contributed by atoms with Gasteiger partial charge in [0.25, 0.3) is 0 Å². The standard InChI is InChI=1S/C13H19FN2O2/c1-3-7-16(8-9-18-2)13(17)15-12-6-4-5-11(14)10-12/h4-6,10H,3,7-9H2,1-2H3,(H,15,17). The molecular weight excluding hydrogens is 235 g/mol. The van der Waals surface area contributed by atoms with Gasteiger partial charge in [0, 0.05) is 25.9 Å². The quantitative estimate of drug-likeness (QED) is 0.848. The van der Waals surface area contributed by atoms with Crippen LogP contribution >= 0.6 is 0 Å². The molecule has 0 radical (unpaired) electrons. The average Bonchev–Trinajstić information content (AvgIpc) is 2.34. The number of carbonyl (C=O) groups excluding carboxylic acids is 1. The Kier molecular flexibility index (Phi) is 6.14. The fourth-order valence-corrected chi connectivity index (χ4v) is 1.56. The molecule has 0 fully saturated rings. The minimum atomic E-state index is -0.369. The summed E-state index contributed by atoms with van der Waals surface area (Å²) in [4.78, 5) is 13.6. The maximum atomic E-state index is 13.0. The molecule has 0 heterocycles. The third-order valence-electron chi connectivity index (χ3n) is 2.42. The summed E-state index contributed by atoms with van der Waals surface area (Å²) >= 11 is 0. The molecule has 100 valence electrons. The minimum absolute atomic E-state index is 0.237. The number of amides is 2. The number of nitrogens with zero attached hydrogens (tertiary/aromatic N) is 1.